The Bertz CT molecular complexity index is 396. The summed E-state index contributed by atoms with van der Waals surface area (Å²) < 4.78 is 51.1. The van der Waals surface area contributed by atoms with Gasteiger partial charge in [-0.05, 0) is 30.0 Å². The van der Waals surface area contributed by atoms with E-state index in [1.54, 1.807) is 13.8 Å². The van der Waals surface area contributed by atoms with Gasteiger partial charge < -0.3 is 5.73 Å². The van der Waals surface area contributed by atoms with Crippen LogP contribution in [0.25, 0.3) is 0 Å². The first-order valence-electron chi connectivity index (χ1n) is 5.22. The number of nitrogens with two attached hydrogens (primary N) is 1. The molecule has 0 saturated heterocycles. The van der Waals surface area contributed by atoms with Crippen molar-refractivity contribution in [2.45, 2.75) is 26.4 Å². The van der Waals surface area contributed by atoms with Gasteiger partial charge in [-0.1, -0.05) is 26.0 Å². The summed E-state index contributed by atoms with van der Waals surface area (Å²) in [6.07, 6.45) is -4.48. The molecule has 0 saturated carbocycles. The van der Waals surface area contributed by atoms with Gasteiger partial charge in [0.2, 0.25) is 0 Å². The molecule has 0 atom stereocenters. The number of rotatable bonds is 3. The van der Waals surface area contributed by atoms with E-state index in [4.69, 9.17) is 5.73 Å². The van der Waals surface area contributed by atoms with Crippen LogP contribution in [-0.2, 0) is 12.6 Å². The zero-order valence-electron chi connectivity index (χ0n) is 9.74. The minimum Gasteiger partial charge on any atom is -0.330 e. The van der Waals surface area contributed by atoms with Crippen molar-refractivity contribution in [1.29, 1.82) is 0 Å². The average Bonchev–Trinajstić information content (AvgIpc) is 2.19. The predicted octanol–water partition coefficient (Wildman–Crippen LogP) is 3.37. The highest BCUT2D eigenvalue weighted by Gasteiger charge is 2.35. The van der Waals surface area contributed by atoms with Crippen molar-refractivity contribution in [2.24, 2.45) is 11.1 Å². The summed E-state index contributed by atoms with van der Waals surface area (Å²) >= 11 is 0. The topological polar surface area (TPSA) is 26.0 Å². The van der Waals surface area contributed by atoms with Crippen LogP contribution in [0.1, 0.15) is 25.0 Å². The maximum Gasteiger partial charge on any atom is 0.419 e. The van der Waals surface area contributed by atoms with Crippen molar-refractivity contribution in [2.75, 3.05) is 6.54 Å². The summed E-state index contributed by atoms with van der Waals surface area (Å²) in [5.74, 6) is -1.19. The lowest BCUT2D eigenvalue weighted by Gasteiger charge is -2.23. The second-order valence-electron chi connectivity index (χ2n) is 4.82. The predicted molar refractivity (Wildman–Crippen MR) is 57.9 cm³/mol. The van der Waals surface area contributed by atoms with E-state index in [0.717, 1.165) is 6.07 Å². The van der Waals surface area contributed by atoms with Crippen molar-refractivity contribution in [3.63, 3.8) is 0 Å². The first-order valence-corrected chi connectivity index (χ1v) is 5.22. The highest BCUT2D eigenvalue weighted by Crippen LogP contribution is 2.33. The van der Waals surface area contributed by atoms with Crippen LogP contribution in [0.2, 0.25) is 0 Å². The lowest BCUT2D eigenvalue weighted by molar-refractivity contribution is -0.140. The third kappa shape index (κ3) is 3.43. The monoisotopic (exact) mass is 249 g/mol. The Morgan fingerprint density at radius 1 is 1.18 bits per heavy atom. The normalized spacial score (nSPS) is 12.9. The van der Waals surface area contributed by atoms with Crippen LogP contribution < -0.4 is 5.73 Å². The molecule has 1 rings (SSSR count). The van der Waals surface area contributed by atoms with Crippen LogP contribution in [0, 0.1) is 11.2 Å². The molecule has 0 amide bonds. The third-order valence-corrected chi connectivity index (χ3v) is 2.61. The van der Waals surface area contributed by atoms with Crippen LogP contribution in [0.15, 0.2) is 18.2 Å². The molecule has 0 heterocycles. The molecule has 0 fully saturated rings. The minimum atomic E-state index is -4.66. The quantitative estimate of drug-likeness (QED) is 0.816. The molecule has 0 aromatic heterocycles. The summed E-state index contributed by atoms with van der Waals surface area (Å²) in [7, 11) is 0. The Balaban J connectivity index is 3.12. The van der Waals surface area contributed by atoms with Gasteiger partial charge >= 0.3 is 6.18 Å². The molecule has 1 aromatic carbocycles. The molecular weight excluding hydrogens is 234 g/mol. The number of hydrogen-bond acceptors (Lipinski definition) is 1. The highest BCUT2D eigenvalue weighted by atomic mass is 19.4. The summed E-state index contributed by atoms with van der Waals surface area (Å²) in [5.41, 5.74) is 3.89. The Morgan fingerprint density at radius 2 is 1.76 bits per heavy atom. The van der Waals surface area contributed by atoms with E-state index in [-0.39, 0.29) is 18.5 Å². The molecular formula is C12H15F4N. The lowest BCUT2D eigenvalue weighted by atomic mass is 9.85. The number of alkyl halides is 3. The molecule has 2 N–H and O–H groups in total. The summed E-state index contributed by atoms with van der Waals surface area (Å²) in [4.78, 5) is 0. The minimum absolute atomic E-state index is 0.0512. The second kappa shape index (κ2) is 4.64. The first kappa shape index (κ1) is 14.0. The summed E-state index contributed by atoms with van der Waals surface area (Å²) in [6, 6.07) is 3.32. The Kier molecular flexibility index (Phi) is 3.81. The van der Waals surface area contributed by atoms with Crippen molar-refractivity contribution >= 4 is 0 Å². The number of benzene rings is 1. The molecule has 0 aliphatic rings. The van der Waals surface area contributed by atoms with Gasteiger partial charge in [0.25, 0.3) is 0 Å². The first-order chi connectivity index (χ1) is 7.67. The maximum atomic E-state index is 13.7. The Labute approximate surface area is 97.6 Å². The smallest absolute Gasteiger partial charge is 0.330 e. The molecule has 1 nitrogen and oxygen atoms in total. The summed E-state index contributed by atoms with van der Waals surface area (Å²) in [5, 5.41) is 0. The summed E-state index contributed by atoms with van der Waals surface area (Å²) in [6.45, 7) is 3.85. The number of halogens is 4. The van der Waals surface area contributed by atoms with Crippen molar-refractivity contribution in [1.82, 2.24) is 0 Å². The molecule has 0 unspecified atom stereocenters. The van der Waals surface area contributed by atoms with Crippen molar-refractivity contribution in [3.8, 4) is 0 Å². The van der Waals surface area contributed by atoms with E-state index in [2.05, 4.69) is 0 Å². The van der Waals surface area contributed by atoms with E-state index in [1.165, 1.54) is 12.1 Å². The van der Waals surface area contributed by atoms with E-state index in [0.29, 0.717) is 0 Å². The average molecular weight is 249 g/mol. The fourth-order valence-corrected chi connectivity index (χ4v) is 1.52. The standard InChI is InChI=1S/C12H15F4N/c1-11(2,7-17)6-8-4-3-5-9(10(8)13)12(14,15)16/h3-5H,6-7,17H2,1-2H3. The molecule has 0 aliphatic carbocycles. The van der Waals surface area contributed by atoms with E-state index < -0.39 is 23.0 Å². The van der Waals surface area contributed by atoms with E-state index in [1.807, 2.05) is 0 Å². The SMILES string of the molecule is CC(C)(CN)Cc1cccc(C(F)(F)F)c1F. The molecule has 96 valence electrons. The molecule has 0 aliphatic heterocycles. The largest absolute Gasteiger partial charge is 0.419 e. The third-order valence-electron chi connectivity index (χ3n) is 2.61. The van der Waals surface area contributed by atoms with Gasteiger partial charge in [-0.2, -0.15) is 13.2 Å². The molecule has 0 spiro atoms. The van der Waals surface area contributed by atoms with Gasteiger partial charge in [0.15, 0.2) is 0 Å². The Hall–Kier alpha value is -1.10. The molecule has 1 aromatic rings. The number of hydrogen-bond donors (Lipinski definition) is 1. The molecule has 0 radical (unpaired) electrons. The van der Waals surface area contributed by atoms with Crippen molar-refractivity contribution < 1.29 is 17.6 Å². The van der Waals surface area contributed by atoms with Crippen molar-refractivity contribution in [3.05, 3.63) is 35.1 Å². The molecule has 17 heavy (non-hydrogen) atoms. The second-order valence-corrected chi connectivity index (χ2v) is 4.82. The van der Waals surface area contributed by atoms with Crippen LogP contribution in [0.5, 0.6) is 0 Å². The van der Waals surface area contributed by atoms with Crippen LogP contribution in [-0.4, -0.2) is 6.54 Å². The van der Waals surface area contributed by atoms with Gasteiger partial charge in [0.1, 0.15) is 5.82 Å². The van der Waals surface area contributed by atoms with Crippen LogP contribution in [0.4, 0.5) is 17.6 Å². The van der Waals surface area contributed by atoms with E-state index >= 15 is 0 Å². The fraction of sp³-hybridized carbons (Fsp3) is 0.500. The van der Waals surface area contributed by atoms with E-state index in [9.17, 15) is 17.6 Å². The van der Waals surface area contributed by atoms with Gasteiger partial charge in [0, 0.05) is 0 Å². The maximum absolute atomic E-state index is 13.7. The molecule has 5 heteroatoms. The fourth-order valence-electron chi connectivity index (χ4n) is 1.52. The van der Waals surface area contributed by atoms with Crippen LogP contribution >= 0.6 is 0 Å². The van der Waals surface area contributed by atoms with Gasteiger partial charge in [0.05, 0.1) is 5.56 Å². The lowest BCUT2D eigenvalue weighted by Crippen LogP contribution is -2.26. The zero-order valence-corrected chi connectivity index (χ0v) is 9.74. The van der Waals surface area contributed by atoms with Gasteiger partial charge in [-0.3, -0.25) is 0 Å². The highest BCUT2D eigenvalue weighted by molar-refractivity contribution is 5.28. The van der Waals surface area contributed by atoms with Crippen LogP contribution in [0.3, 0.4) is 0 Å². The van der Waals surface area contributed by atoms with Gasteiger partial charge in [-0.25, -0.2) is 4.39 Å². The Morgan fingerprint density at radius 3 is 2.24 bits per heavy atom. The van der Waals surface area contributed by atoms with Gasteiger partial charge in [-0.15, -0.1) is 0 Å². The molecule has 0 bridgehead atoms. The zero-order chi connectivity index (χ0) is 13.3.